The molecule has 0 N–H and O–H groups in total. The van der Waals surface area contributed by atoms with E-state index in [2.05, 4.69) is 25.6 Å². The molecule has 0 aliphatic rings. The van der Waals surface area contributed by atoms with Gasteiger partial charge in [-0.05, 0) is 16.7 Å². The summed E-state index contributed by atoms with van der Waals surface area (Å²) >= 11 is 1.49. The molecule has 70 valence electrons. The van der Waals surface area contributed by atoms with Crippen molar-refractivity contribution in [1.82, 2.24) is 34.6 Å². The smallest absolute Gasteiger partial charge is 0.203 e. The Labute approximate surface area is 82.1 Å². The second-order valence-electron chi connectivity index (χ2n) is 2.59. The van der Waals surface area contributed by atoms with Crippen LogP contribution >= 0.6 is 11.8 Å². The fourth-order valence-corrected chi connectivity index (χ4v) is 1.73. The maximum atomic E-state index is 4.34. The van der Waals surface area contributed by atoms with Gasteiger partial charge in [0.15, 0.2) is 10.8 Å². The highest BCUT2D eigenvalue weighted by Gasteiger charge is 2.09. The minimum Gasteiger partial charge on any atom is -0.203 e. The van der Waals surface area contributed by atoms with Gasteiger partial charge in [-0.3, -0.25) is 0 Å². The molecule has 0 aromatic carbocycles. The zero-order valence-corrected chi connectivity index (χ0v) is 8.01. The Morgan fingerprint density at radius 2 is 2.29 bits per heavy atom. The SMILES string of the molecule is CSc1nc2ccnn2c2nnnn12. The van der Waals surface area contributed by atoms with Crippen molar-refractivity contribution in [3.63, 3.8) is 0 Å². The zero-order chi connectivity index (χ0) is 9.54. The number of hydrogen-bond acceptors (Lipinski definition) is 6. The van der Waals surface area contributed by atoms with Crippen molar-refractivity contribution in [3.05, 3.63) is 12.3 Å². The summed E-state index contributed by atoms with van der Waals surface area (Å²) in [6.07, 6.45) is 3.59. The lowest BCUT2D eigenvalue weighted by molar-refractivity contribution is 0.719. The van der Waals surface area contributed by atoms with Gasteiger partial charge in [0.05, 0.1) is 6.20 Å². The Hall–Kier alpha value is -1.70. The van der Waals surface area contributed by atoms with Crippen molar-refractivity contribution in [2.24, 2.45) is 0 Å². The van der Waals surface area contributed by atoms with Gasteiger partial charge in [0, 0.05) is 6.07 Å². The predicted molar refractivity (Wildman–Crippen MR) is 49.1 cm³/mol. The van der Waals surface area contributed by atoms with Crippen molar-refractivity contribution < 1.29 is 0 Å². The molecule has 0 aliphatic carbocycles. The van der Waals surface area contributed by atoms with Crippen molar-refractivity contribution in [2.75, 3.05) is 6.26 Å². The third kappa shape index (κ3) is 0.854. The normalized spacial score (nSPS) is 11.5. The Kier molecular flexibility index (Phi) is 1.45. The lowest BCUT2D eigenvalue weighted by atomic mass is 10.7. The Balaban J connectivity index is 2.59. The predicted octanol–water partition coefficient (Wildman–Crippen LogP) is -0.111. The second-order valence-corrected chi connectivity index (χ2v) is 3.36. The number of rotatable bonds is 1. The number of thioether (sulfide) groups is 1. The molecule has 0 fully saturated rings. The van der Waals surface area contributed by atoms with E-state index in [0.717, 1.165) is 10.8 Å². The van der Waals surface area contributed by atoms with Gasteiger partial charge < -0.3 is 0 Å². The largest absolute Gasteiger partial charge is 0.278 e. The molecule has 0 bridgehead atoms. The average molecular weight is 207 g/mol. The van der Waals surface area contributed by atoms with E-state index in [1.807, 2.05) is 12.3 Å². The van der Waals surface area contributed by atoms with Crippen molar-refractivity contribution in [1.29, 1.82) is 0 Å². The van der Waals surface area contributed by atoms with E-state index < -0.39 is 0 Å². The first-order chi connectivity index (χ1) is 6.90. The van der Waals surface area contributed by atoms with Crippen LogP contribution in [0.4, 0.5) is 0 Å². The van der Waals surface area contributed by atoms with Crippen LogP contribution in [0.15, 0.2) is 17.4 Å². The van der Waals surface area contributed by atoms with E-state index in [1.165, 1.54) is 11.8 Å². The van der Waals surface area contributed by atoms with E-state index in [4.69, 9.17) is 0 Å². The van der Waals surface area contributed by atoms with Crippen LogP contribution in [0.25, 0.3) is 11.4 Å². The van der Waals surface area contributed by atoms with Gasteiger partial charge in [-0.2, -0.15) is 14.1 Å². The van der Waals surface area contributed by atoms with Gasteiger partial charge in [-0.25, -0.2) is 4.98 Å². The quantitative estimate of drug-likeness (QED) is 0.518. The van der Waals surface area contributed by atoms with Crippen LogP contribution in [0.2, 0.25) is 0 Å². The second kappa shape index (κ2) is 2.64. The molecule has 0 unspecified atom stereocenters. The standard InChI is InChI=1S/C6H5N7S/c1-14-6-8-4-2-3-7-12(4)5-9-10-11-13(5)6/h2-3H,1H3. The number of hydrogen-bond donors (Lipinski definition) is 0. The zero-order valence-electron chi connectivity index (χ0n) is 7.19. The molecule has 7 nitrogen and oxygen atoms in total. The van der Waals surface area contributed by atoms with Crippen molar-refractivity contribution in [2.45, 2.75) is 5.16 Å². The maximum Gasteiger partial charge on any atom is 0.278 e. The van der Waals surface area contributed by atoms with E-state index in [0.29, 0.717) is 5.78 Å². The molecule has 0 saturated carbocycles. The molecule has 0 saturated heterocycles. The van der Waals surface area contributed by atoms with E-state index >= 15 is 0 Å². The summed E-state index contributed by atoms with van der Waals surface area (Å²) in [5.41, 5.74) is 0.747. The van der Waals surface area contributed by atoms with Gasteiger partial charge in [0.25, 0.3) is 5.78 Å². The molecule has 0 aliphatic heterocycles. The molecule has 8 heteroatoms. The third-order valence-corrected chi connectivity index (χ3v) is 2.47. The summed E-state index contributed by atoms with van der Waals surface area (Å²) in [5, 5.41) is 16.1. The topological polar surface area (TPSA) is 73.3 Å². The number of nitrogens with zero attached hydrogens (tertiary/aromatic N) is 7. The third-order valence-electron chi connectivity index (χ3n) is 1.84. The molecule has 14 heavy (non-hydrogen) atoms. The number of fused-ring (bicyclic) bond motifs is 3. The summed E-state index contributed by atoms with van der Waals surface area (Å²) in [6, 6.07) is 1.81. The maximum absolute atomic E-state index is 4.34. The molecule has 0 radical (unpaired) electrons. The highest BCUT2D eigenvalue weighted by Crippen LogP contribution is 2.13. The van der Waals surface area contributed by atoms with E-state index in [1.54, 1.807) is 15.2 Å². The van der Waals surface area contributed by atoms with Crippen LogP contribution in [-0.2, 0) is 0 Å². The fraction of sp³-hybridized carbons (Fsp3) is 0.167. The summed E-state index contributed by atoms with van der Waals surface area (Å²) in [6.45, 7) is 0. The first-order valence-corrected chi connectivity index (χ1v) is 5.08. The summed E-state index contributed by atoms with van der Waals surface area (Å²) < 4.78 is 3.16. The fourth-order valence-electron chi connectivity index (χ4n) is 1.25. The monoisotopic (exact) mass is 207 g/mol. The van der Waals surface area contributed by atoms with Gasteiger partial charge in [0.2, 0.25) is 0 Å². The van der Waals surface area contributed by atoms with Crippen LogP contribution in [0.5, 0.6) is 0 Å². The average Bonchev–Trinajstić information content (AvgIpc) is 2.83. The van der Waals surface area contributed by atoms with Crippen molar-refractivity contribution in [3.8, 4) is 0 Å². The molecular formula is C6H5N7S. The first kappa shape index (κ1) is 7.68. The molecule has 3 heterocycles. The van der Waals surface area contributed by atoms with Gasteiger partial charge in [-0.1, -0.05) is 16.9 Å². The highest BCUT2D eigenvalue weighted by molar-refractivity contribution is 7.98. The lowest BCUT2D eigenvalue weighted by Crippen LogP contribution is -2.03. The summed E-state index contributed by atoms with van der Waals surface area (Å²) in [4.78, 5) is 4.34. The minimum absolute atomic E-state index is 0.573. The first-order valence-electron chi connectivity index (χ1n) is 3.86. The molecule has 0 spiro atoms. The molecule has 3 aromatic heterocycles. The van der Waals surface area contributed by atoms with E-state index in [9.17, 15) is 0 Å². The summed E-state index contributed by atoms with van der Waals surface area (Å²) in [7, 11) is 0. The van der Waals surface area contributed by atoms with Crippen LogP contribution < -0.4 is 0 Å². The molecular weight excluding hydrogens is 202 g/mol. The van der Waals surface area contributed by atoms with Gasteiger partial charge in [0.1, 0.15) is 0 Å². The highest BCUT2D eigenvalue weighted by atomic mass is 32.2. The number of tetrazole rings is 1. The summed E-state index contributed by atoms with van der Waals surface area (Å²) in [5.74, 6) is 0.573. The molecule has 3 rings (SSSR count). The van der Waals surface area contributed by atoms with Gasteiger partial charge >= 0.3 is 0 Å². The van der Waals surface area contributed by atoms with E-state index in [-0.39, 0.29) is 0 Å². The number of aromatic nitrogens is 7. The van der Waals surface area contributed by atoms with Gasteiger partial charge in [-0.15, -0.1) is 0 Å². The Bertz CT molecular complexity index is 596. The lowest BCUT2D eigenvalue weighted by Gasteiger charge is -1.99. The van der Waals surface area contributed by atoms with Crippen LogP contribution in [0, 0.1) is 0 Å². The molecule has 0 atom stereocenters. The Morgan fingerprint density at radius 3 is 3.14 bits per heavy atom. The molecule has 0 amide bonds. The van der Waals surface area contributed by atoms with Crippen LogP contribution in [-0.4, -0.2) is 40.9 Å². The van der Waals surface area contributed by atoms with Crippen molar-refractivity contribution >= 4 is 23.2 Å². The minimum atomic E-state index is 0.573. The van der Waals surface area contributed by atoms with Crippen LogP contribution in [0.1, 0.15) is 0 Å². The molecule has 3 aromatic rings. The van der Waals surface area contributed by atoms with Crippen LogP contribution in [0.3, 0.4) is 0 Å². The Morgan fingerprint density at radius 1 is 1.36 bits per heavy atom.